The van der Waals surface area contributed by atoms with Gasteiger partial charge in [0.1, 0.15) is 0 Å². The lowest BCUT2D eigenvalue weighted by Crippen LogP contribution is -2.03. The zero-order valence-electron chi connectivity index (χ0n) is 35.3. The van der Waals surface area contributed by atoms with Gasteiger partial charge in [0.05, 0.1) is 88.3 Å². The van der Waals surface area contributed by atoms with E-state index in [1.54, 1.807) is 0 Å². The minimum absolute atomic E-state index is 1.16. The molecule has 0 fully saturated rings. The predicted octanol–water partition coefficient (Wildman–Crippen LogP) is 15.2. The van der Waals surface area contributed by atoms with Crippen LogP contribution in [0, 0.1) is 0 Å². The molecule has 304 valence electrons. The molecule has 0 N–H and O–H groups in total. The highest BCUT2D eigenvalue weighted by Gasteiger charge is 2.26. The summed E-state index contributed by atoms with van der Waals surface area (Å²) >= 11 is 0. The molecule has 0 aliphatic heterocycles. The second kappa shape index (κ2) is 11.6. The van der Waals surface area contributed by atoms with Crippen molar-refractivity contribution >= 4 is 131 Å². The molecule has 0 bridgehead atoms. The highest BCUT2D eigenvalue weighted by molar-refractivity contribution is 6.28. The summed E-state index contributed by atoms with van der Waals surface area (Å²) in [4.78, 5) is 0. The molecule has 0 atom stereocenters. The number of benzene rings is 10. The largest absolute Gasteiger partial charge is 0.306 e. The van der Waals surface area contributed by atoms with Gasteiger partial charge in [-0.15, -0.1) is 0 Å². The fraction of sp³-hybridized carbons (Fsp3) is 0. The van der Waals surface area contributed by atoms with Crippen molar-refractivity contribution in [1.82, 2.24) is 26.7 Å². The van der Waals surface area contributed by atoms with E-state index >= 15 is 0 Å². The first-order chi connectivity index (χ1) is 32.8. The topological polar surface area (TPSA) is 27.5 Å². The third-order valence-corrected chi connectivity index (χ3v) is 15.0. The first kappa shape index (κ1) is 33.5. The lowest BCUT2D eigenvalue weighted by atomic mass is 10.1. The molecule has 66 heavy (non-hydrogen) atoms. The Morgan fingerprint density at radius 3 is 0.818 bits per heavy atom. The maximum absolute atomic E-state index is 2.56. The van der Waals surface area contributed by atoms with Gasteiger partial charge in [-0.1, -0.05) is 109 Å². The van der Waals surface area contributed by atoms with Crippen LogP contribution in [-0.2, 0) is 0 Å². The standard InChI is InChI=1S/C60H34N6/c1-3-15-35(16-4-1)61-45-23-7-9-25-47(45)63-53-31-43-39-21-13-30-52-59(39)65(55(43)33-41(53)37-19-11-27-49(61)57(37)63)51-29-14-22-40-44-32-54-42(34-56(44)66(52)60(40)51)38-20-12-28-50-58(38)64(54)48-26-10-8-24-46(48)62(50)36-17-5-2-6-18-36/h1-34H. The fourth-order valence-electron chi connectivity index (χ4n) is 12.6. The monoisotopic (exact) mass is 838 g/mol. The third kappa shape index (κ3) is 3.82. The lowest BCUT2D eigenvalue weighted by Gasteiger charge is -2.17. The number of hydrogen-bond donors (Lipinski definition) is 0. The maximum atomic E-state index is 2.56. The molecule has 17 rings (SSSR count). The van der Waals surface area contributed by atoms with Gasteiger partial charge in [-0.3, -0.25) is 0 Å². The molecular formula is C60H34N6. The molecule has 0 radical (unpaired) electrons. The van der Waals surface area contributed by atoms with Crippen LogP contribution in [0.5, 0.6) is 0 Å². The summed E-state index contributed by atoms with van der Waals surface area (Å²) in [5, 5.41) is 10.0. The second-order valence-corrected chi connectivity index (χ2v) is 18.1. The first-order valence-corrected chi connectivity index (χ1v) is 22.8. The zero-order chi connectivity index (χ0) is 42.5. The van der Waals surface area contributed by atoms with Crippen LogP contribution in [0.2, 0.25) is 0 Å². The summed E-state index contributed by atoms with van der Waals surface area (Å²) in [6, 6.07) is 76.6. The summed E-state index contributed by atoms with van der Waals surface area (Å²) in [5.41, 5.74) is 21.7. The van der Waals surface area contributed by atoms with Crippen molar-refractivity contribution in [2.45, 2.75) is 0 Å². The Balaban J connectivity index is 1.02. The number of rotatable bonds is 2. The average molecular weight is 839 g/mol. The summed E-state index contributed by atoms with van der Waals surface area (Å²) in [6.07, 6.45) is 0. The van der Waals surface area contributed by atoms with Crippen molar-refractivity contribution in [3.8, 4) is 11.4 Å². The molecule has 0 aliphatic rings. The Morgan fingerprint density at radius 1 is 0.182 bits per heavy atom. The Labute approximate surface area is 374 Å². The molecule has 7 heterocycles. The predicted molar refractivity (Wildman–Crippen MR) is 275 cm³/mol. The van der Waals surface area contributed by atoms with Crippen LogP contribution in [-0.4, -0.2) is 26.7 Å². The molecule has 0 saturated carbocycles. The lowest BCUT2D eigenvalue weighted by molar-refractivity contribution is 1.14. The van der Waals surface area contributed by atoms with Gasteiger partial charge in [0.25, 0.3) is 0 Å². The Hall–Kier alpha value is -9.00. The molecule has 0 saturated heterocycles. The summed E-state index contributed by atoms with van der Waals surface area (Å²) in [5.74, 6) is 0. The van der Waals surface area contributed by atoms with Gasteiger partial charge in [0, 0.05) is 54.5 Å². The number of nitrogens with zero attached hydrogens (tertiary/aromatic N) is 6. The van der Waals surface area contributed by atoms with Crippen molar-refractivity contribution in [3.63, 3.8) is 0 Å². The average Bonchev–Trinajstić information content (AvgIpc) is 4.10. The minimum atomic E-state index is 1.16. The van der Waals surface area contributed by atoms with Crippen molar-refractivity contribution in [2.24, 2.45) is 0 Å². The highest BCUT2D eigenvalue weighted by Crippen LogP contribution is 2.46. The van der Waals surface area contributed by atoms with E-state index in [9.17, 15) is 0 Å². The van der Waals surface area contributed by atoms with Crippen LogP contribution in [0.4, 0.5) is 0 Å². The van der Waals surface area contributed by atoms with E-state index in [4.69, 9.17) is 0 Å². The van der Waals surface area contributed by atoms with E-state index in [-0.39, 0.29) is 0 Å². The summed E-state index contributed by atoms with van der Waals surface area (Å²) < 4.78 is 15.0. The van der Waals surface area contributed by atoms with Crippen LogP contribution in [0.1, 0.15) is 0 Å². The quantitative estimate of drug-likeness (QED) is 0.155. The molecule has 0 aliphatic carbocycles. The molecule has 0 spiro atoms. The molecular weight excluding hydrogens is 805 g/mol. The van der Waals surface area contributed by atoms with E-state index in [0.717, 1.165) is 11.4 Å². The zero-order valence-corrected chi connectivity index (χ0v) is 35.3. The van der Waals surface area contributed by atoms with Crippen molar-refractivity contribution < 1.29 is 0 Å². The molecule has 0 unspecified atom stereocenters. The van der Waals surface area contributed by atoms with Crippen molar-refractivity contribution in [3.05, 3.63) is 206 Å². The van der Waals surface area contributed by atoms with Crippen LogP contribution in [0.25, 0.3) is 143 Å². The van der Waals surface area contributed by atoms with E-state index in [0.29, 0.717) is 0 Å². The third-order valence-electron chi connectivity index (χ3n) is 15.0. The second-order valence-electron chi connectivity index (χ2n) is 18.1. The smallest absolute Gasteiger partial charge is 0.0783 e. The Morgan fingerprint density at radius 2 is 0.455 bits per heavy atom. The molecule has 6 nitrogen and oxygen atoms in total. The van der Waals surface area contributed by atoms with E-state index in [1.165, 1.54) is 131 Å². The normalized spacial score (nSPS) is 12.8. The number of para-hydroxylation sites is 10. The van der Waals surface area contributed by atoms with E-state index in [2.05, 4.69) is 233 Å². The van der Waals surface area contributed by atoms with E-state index < -0.39 is 0 Å². The Kier molecular flexibility index (Phi) is 5.88. The van der Waals surface area contributed by atoms with Crippen LogP contribution in [0.3, 0.4) is 0 Å². The summed E-state index contributed by atoms with van der Waals surface area (Å²) in [6.45, 7) is 0. The van der Waals surface area contributed by atoms with Gasteiger partial charge in [0.15, 0.2) is 0 Å². The molecule has 7 aromatic heterocycles. The van der Waals surface area contributed by atoms with E-state index in [1.807, 2.05) is 0 Å². The van der Waals surface area contributed by atoms with Gasteiger partial charge >= 0.3 is 0 Å². The van der Waals surface area contributed by atoms with Gasteiger partial charge in [-0.25, -0.2) is 0 Å². The van der Waals surface area contributed by atoms with Crippen LogP contribution < -0.4 is 0 Å². The maximum Gasteiger partial charge on any atom is 0.0783 e. The first-order valence-electron chi connectivity index (χ1n) is 22.8. The van der Waals surface area contributed by atoms with Gasteiger partial charge < -0.3 is 26.7 Å². The Bertz CT molecular complexity index is 4660. The van der Waals surface area contributed by atoms with Gasteiger partial charge in [-0.2, -0.15) is 0 Å². The molecule has 17 aromatic rings. The highest BCUT2D eigenvalue weighted by atomic mass is 15.1. The number of aromatic nitrogens is 6. The van der Waals surface area contributed by atoms with Gasteiger partial charge in [0.2, 0.25) is 0 Å². The number of hydrogen-bond acceptors (Lipinski definition) is 0. The van der Waals surface area contributed by atoms with Crippen molar-refractivity contribution in [1.29, 1.82) is 0 Å². The van der Waals surface area contributed by atoms with Crippen molar-refractivity contribution in [2.75, 3.05) is 0 Å². The minimum Gasteiger partial charge on any atom is -0.306 e. The number of fused-ring (bicyclic) bond motifs is 18. The van der Waals surface area contributed by atoms with Crippen LogP contribution in [0.15, 0.2) is 206 Å². The molecule has 0 amide bonds. The fourth-order valence-corrected chi connectivity index (χ4v) is 12.6. The summed E-state index contributed by atoms with van der Waals surface area (Å²) in [7, 11) is 0. The van der Waals surface area contributed by atoms with Gasteiger partial charge in [-0.05, 0) is 97.1 Å². The SMILES string of the molecule is c1ccc(-n2c3ccccc3n3c4cc5c6cccc7c6n(c5cc4c4cccc2c43)c2cccc3c4cc5c(cc4n7c32)c2cccc3c2n5c2ccccc2n3-c2ccccc2)cc1. The van der Waals surface area contributed by atoms with Crippen LogP contribution >= 0.6 is 0 Å². The molecule has 10 aromatic carbocycles. The molecule has 6 heteroatoms.